The lowest BCUT2D eigenvalue weighted by molar-refractivity contribution is 0.345. The normalized spacial score (nSPS) is 17.5. The Morgan fingerprint density at radius 3 is 2.94 bits per heavy atom. The Hall–Kier alpha value is -0.480. The van der Waals surface area contributed by atoms with Gasteiger partial charge >= 0.3 is 0 Å². The van der Waals surface area contributed by atoms with Crippen LogP contribution in [0.1, 0.15) is 32.1 Å². The van der Waals surface area contributed by atoms with Crippen LogP contribution in [0.3, 0.4) is 0 Å². The molecule has 96 valence electrons. The largest absolute Gasteiger partial charge is 0.316 e. The van der Waals surface area contributed by atoms with Gasteiger partial charge in [0.2, 0.25) is 0 Å². The maximum absolute atomic E-state index is 4.16. The third-order valence-corrected chi connectivity index (χ3v) is 4.34. The molecule has 1 aliphatic carbocycles. The molecule has 1 heterocycles. The molecular formula is C13H23N3S. The SMILES string of the molecule is Cn1cc(SCCNCC2CCCCC2)cn1. The topological polar surface area (TPSA) is 29.9 Å². The molecule has 0 bridgehead atoms. The van der Waals surface area contributed by atoms with Crippen molar-refractivity contribution in [1.29, 1.82) is 0 Å². The highest BCUT2D eigenvalue weighted by Gasteiger charge is 2.12. The van der Waals surface area contributed by atoms with Gasteiger partial charge in [0.05, 0.1) is 6.20 Å². The van der Waals surface area contributed by atoms with E-state index in [0.29, 0.717) is 0 Å². The summed E-state index contributed by atoms with van der Waals surface area (Å²) in [4.78, 5) is 1.27. The van der Waals surface area contributed by atoms with E-state index in [1.54, 1.807) is 0 Å². The lowest BCUT2D eigenvalue weighted by atomic mass is 9.89. The van der Waals surface area contributed by atoms with E-state index in [1.807, 2.05) is 29.7 Å². The number of aryl methyl sites for hydroxylation is 1. The lowest BCUT2D eigenvalue weighted by Crippen LogP contribution is -2.26. The van der Waals surface area contributed by atoms with Crippen LogP contribution in [0.5, 0.6) is 0 Å². The number of aromatic nitrogens is 2. The van der Waals surface area contributed by atoms with Gasteiger partial charge in [-0.25, -0.2) is 0 Å². The van der Waals surface area contributed by atoms with E-state index in [4.69, 9.17) is 0 Å². The molecule has 17 heavy (non-hydrogen) atoms. The van der Waals surface area contributed by atoms with Crippen molar-refractivity contribution < 1.29 is 0 Å². The molecule has 1 fully saturated rings. The van der Waals surface area contributed by atoms with Crippen molar-refractivity contribution >= 4 is 11.8 Å². The van der Waals surface area contributed by atoms with Gasteiger partial charge in [-0.3, -0.25) is 4.68 Å². The first kappa shape index (κ1) is 13.0. The van der Waals surface area contributed by atoms with Gasteiger partial charge < -0.3 is 5.32 Å². The number of rotatable bonds is 6. The predicted molar refractivity (Wildman–Crippen MR) is 73.4 cm³/mol. The summed E-state index contributed by atoms with van der Waals surface area (Å²) in [6, 6.07) is 0. The Bertz CT molecular complexity index is 318. The second-order valence-electron chi connectivity index (χ2n) is 4.91. The zero-order chi connectivity index (χ0) is 11.9. The smallest absolute Gasteiger partial charge is 0.0625 e. The number of hydrogen-bond donors (Lipinski definition) is 1. The summed E-state index contributed by atoms with van der Waals surface area (Å²) in [6.07, 6.45) is 11.2. The molecule has 0 spiro atoms. The summed E-state index contributed by atoms with van der Waals surface area (Å²) < 4.78 is 1.86. The van der Waals surface area contributed by atoms with E-state index in [9.17, 15) is 0 Å². The molecule has 0 aromatic carbocycles. The molecule has 4 heteroatoms. The molecule has 0 aliphatic heterocycles. The zero-order valence-corrected chi connectivity index (χ0v) is 11.5. The third-order valence-electron chi connectivity index (χ3n) is 3.39. The Balaban J connectivity index is 1.51. The van der Waals surface area contributed by atoms with Gasteiger partial charge in [-0.2, -0.15) is 5.10 Å². The van der Waals surface area contributed by atoms with Gasteiger partial charge in [-0.05, 0) is 25.3 Å². The summed E-state index contributed by atoms with van der Waals surface area (Å²) in [5, 5.41) is 7.75. The maximum atomic E-state index is 4.16. The first-order valence-electron chi connectivity index (χ1n) is 6.67. The van der Waals surface area contributed by atoms with Crippen LogP contribution < -0.4 is 5.32 Å². The van der Waals surface area contributed by atoms with E-state index in [2.05, 4.69) is 16.6 Å². The first-order chi connectivity index (χ1) is 8.34. The summed E-state index contributed by atoms with van der Waals surface area (Å²) in [5.41, 5.74) is 0. The van der Waals surface area contributed by atoms with Crippen molar-refractivity contribution in [3.8, 4) is 0 Å². The third kappa shape index (κ3) is 4.72. The van der Waals surface area contributed by atoms with Crippen molar-refractivity contribution in [2.45, 2.75) is 37.0 Å². The molecule has 0 unspecified atom stereocenters. The first-order valence-corrected chi connectivity index (χ1v) is 7.65. The second kappa shape index (κ2) is 7.07. The molecule has 1 saturated carbocycles. The molecule has 2 rings (SSSR count). The Morgan fingerprint density at radius 1 is 1.41 bits per heavy atom. The van der Waals surface area contributed by atoms with E-state index in [1.165, 1.54) is 43.5 Å². The monoisotopic (exact) mass is 253 g/mol. The minimum Gasteiger partial charge on any atom is -0.316 e. The lowest BCUT2D eigenvalue weighted by Gasteiger charge is -2.21. The van der Waals surface area contributed by atoms with Crippen LogP contribution in [-0.2, 0) is 7.05 Å². The van der Waals surface area contributed by atoms with Gasteiger partial charge in [0, 0.05) is 30.4 Å². The summed E-state index contributed by atoms with van der Waals surface area (Å²) in [7, 11) is 1.96. The number of hydrogen-bond acceptors (Lipinski definition) is 3. The minimum absolute atomic E-state index is 0.937. The van der Waals surface area contributed by atoms with Crippen LogP contribution in [0.15, 0.2) is 17.3 Å². The van der Waals surface area contributed by atoms with Gasteiger partial charge in [0.15, 0.2) is 0 Å². The fraction of sp³-hybridized carbons (Fsp3) is 0.769. The van der Waals surface area contributed by atoms with Crippen LogP contribution in [0.2, 0.25) is 0 Å². The van der Waals surface area contributed by atoms with Crippen LogP contribution in [0, 0.1) is 5.92 Å². The fourth-order valence-electron chi connectivity index (χ4n) is 2.41. The van der Waals surface area contributed by atoms with Crippen molar-refractivity contribution in [1.82, 2.24) is 15.1 Å². The number of nitrogens with zero attached hydrogens (tertiary/aromatic N) is 2. The van der Waals surface area contributed by atoms with Crippen LogP contribution >= 0.6 is 11.8 Å². The van der Waals surface area contributed by atoms with Crippen molar-refractivity contribution in [3.63, 3.8) is 0 Å². The summed E-state index contributed by atoms with van der Waals surface area (Å²) in [5.74, 6) is 2.07. The number of thioether (sulfide) groups is 1. The van der Waals surface area contributed by atoms with E-state index in [0.717, 1.165) is 18.2 Å². The quantitative estimate of drug-likeness (QED) is 0.624. The maximum Gasteiger partial charge on any atom is 0.0625 e. The van der Waals surface area contributed by atoms with Crippen LogP contribution in [0.25, 0.3) is 0 Å². The van der Waals surface area contributed by atoms with Gasteiger partial charge in [-0.15, -0.1) is 11.8 Å². The molecule has 0 radical (unpaired) electrons. The van der Waals surface area contributed by atoms with Crippen LogP contribution in [-0.4, -0.2) is 28.6 Å². The summed E-state index contributed by atoms with van der Waals surface area (Å²) >= 11 is 1.88. The van der Waals surface area contributed by atoms with E-state index >= 15 is 0 Å². The van der Waals surface area contributed by atoms with E-state index in [-0.39, 0.29) is 0 Å². The Kier molecular flexibility index (Phi) is 5.39. The highest BCUT2D eigenvalue weighted by atomic mass is 32.2. The molecule has 0 amide bonds. The molecule has 0 atom stereocenters. The highest BCUT2D eigenvalue weighted by molar-refractivity contribution is 7.99. The highest BCUT2D eigenvalue weighted by Crippen LogP contribution is 2.22. The standard InChI is InChI=1S/C13H23N3S/c1-16-11-13(10-15-16)17-8-7-14-9-12-5-3-2-4-6-12/h10-12,14H,2-9H2,1H3. The van der Waals surface area contributed by atoms with Crippen molar-refractivity contribution in [2.75, 3.05) is 18.8 Å². The molecular weight excluding hydrogens is 230 g/mol. The predicted octanol–water partition coefficient (Wildman–Crippen LogP) is 2.68. The van der Waals surface area contributed by atoms with Gasteiger partial charge in [0.25, 0.3) is 0 Å². The van der Waals surface area contributed by atoms with Crippen molar-refractivity contribution in [3.05, 3.63) is 12.4 Å². The Morgan fingerprint density at radius 2 is 2.24 bits per heavy atom. The van der Waals surface area contributed by atoms with Crippen LogP contribution in [0.4, 0.5) is 0 Å². The zero-order valence-electron chi connectivity index (χ0n) is 10.7. The van der Waals surface area contributed by atoms with Crippen molar-refractivity contribution in [2.24, 2.45) is 13.0 Å². The Labute approximate surface area is 108 Å². The van der Waals surface area contributed by atoms with E-state index < -0.39 is 0 Å². The fourth-order valence-corrected chi connectivity index (χ4v) is 3.24. The minimum atomic E-state index is 0.937. The molecule has 1 aromatic rings. The molecule has 0 saturated heterocycles. The van der Waals surface area contributed by atoms with Gasteiger partial charge in [0.1, 0.15) is 0 Å². The molecule has 1 N–H and O–H groups in total. The average molecular weight is 253 g/mol. The molecule has 3 nitrogen and oxygen atoms in total. The molecule has 1 aromatic heterocycles. The summed E-state index contributed by atoms with van der Waals surface area (Å²) in [6.45, 7) is 2.32. The number of nitrogens with one attached hydrogen (secondary N) is 1. The van der Waals surface area contributed by atoms with Gasteiger partial charge in [-0.1, -0.05) is 19.3 Å². The average Bonchev–Trinajstić information content (AvgIpc) is 2.76. The second-order valence-corrected chi connectivity index (χ2v) is 6.07. The molecule has 1 aliphatic rings.